The minimum absolute atomic E-state index is 0.0447. The van der Waals surface area contributed by atoms with Crippen LogP contribution in [0.5, 0.6) is 0 Å². The number of carbonyl (C=O) groups excluding carboxylic acids is 4. The van der Waals surface area contributed by atoms with Gasteiger partial charge in [-0.25, -0.2) is 0 Å². The number of aromatic nitrogens is 1. The molecule has 4 N–H and O–H groups in total. The third-order valence-electron chi connectivity index (χ3n) is 7.84. The van der Waals surface area contributed by atoms with Crippen LogP contribution in [0, 0.1) is 30.1 Å². The number of nitrogens with one attached hydrogen (secondary N) is 4. The van der Waals surface area contributed by atoms with Crippen molar-refractivity contribution < 1.29 is 23.7 Å². The van der Waals surface area contributed by atoms with E-state index in [1.165, 1.54) is 6.07 Å². The van der Waals surface area contributed by atoms with E-state index in [0.717, 1.165) is 29.2 Å². The molecule has 1 aromatic heterocycles. The summed E-state index contributed by atoms with van der Waals surface area (Å²) >= 11 is 0. The number of carbonyl (C=O) groups is 4. The van der Waals surface area contributed by atoms with E-state index in [-0.39, 0.29) is 36.3 Å². The monoisotopic (exact) mass is 570 g/mol. The molecule has 4 atom stereocenters. The lowest BCUT2D eigenvalue weighted by atomic mass is 9.97. The number of nitrogens with zero attached hydrogens (tertiary/aromatic N) is 2. The number of rotatable bonds is 12. The number of hydrogen-bond acceptors (Lipinski definition) is 7. The molecule has 4 amide bonds. The Bertz CT molecular complexity index is 1520. The van der Waals surface area contributed by atoms with Crippen molar-refractivity contribution in [1.82, 2.24) is 26.4 Å². The largest absolute Gasteiger partial charge is 0.361 e. The molecule has 0 spiro atoms. The minimum atomic E-state index is -1.02. The van der Waals surface area contributed by atoms with Crippen LogP contribution in [0.1, 0.15) is 53.9 Å². The Hall–Kier alpha value is -4.72. The molecule has 1 aliphatic heterocycles. The fourth-order valence-corrected chi connectivity index (χ4v) is 5.37. The van der Waals surface area contributed by atoms with Gasteiger partial charge < -0.3 is 25.8 Å². The summed E-state index contributed by atoms with van der Waals surface area (Å²) in [6, 6.07) is 14.3. The molecule has 11 nitrogen and oxygen atoms in total. The van der Waals surface area contributed by atoms with Crippen molar-refractivity contribution in [2.45, 2.75) is 63.6 Å². The van der Waals surface area contributed by atoms with Gasteiger partial charge in [-0.15, -0.1) is 0 Å². The third-order valence-corrected chi connectivity index (χ3v) is 7.84. The predicted molar refractivity (Wildman–Crippen MR) is 153 cm³/mol. The Kier molecular flexibility index (Phi) is 8.81. The highest BCUT2D eigenvalue weighted by atomic mass is 16.5. The molecule has 2 aromatic carbocycles. The molecule has 11 heteroatoms. The fourth-order valence-electron chi connectivity index (χ4n) is 5.37. The summed E-state index contributed by atoms with van der Waals surface area (Å²) < 4.78 is 5.04. The highest BCUT2D eigenvalue weighted by molar-refractivity contribution is 5.98. The van der Waals surface area contributed by atoms with Gasteiger partial charge in [-0.2, -0.15) is 5.26 Å². The smallest absolute Gasteiger partial charge is 0.274 e. The first-order valence-corrected chi connectivity index (χ1v) is 14.3. The van der Waals surface area contributed by atoms with E-state index >= 15 is 0 Å². The molecule has 0 radical (unpaired) electrons. The van der Waals surface area contributed by atoms with E-state index in [2.05, 4.69) is 32.5 Å². The molecule has 4 unspecified atom stereocenters. The van der Waals surface area contributed by atoms with E-state index < -0.39 is 35.8 Å². The van der Waals surface area contributed by atoms with E-state index in [0.29, 0.717) is 25.1 Å². The van der Waals surface area contributed by atoms with E-state index in [1.807, 2.05) is 42.5 Å². The summed E-state index contributed by atoms with van der Waals surface area (Å²) in [5, 5.41) is 26.5. The van der Waals surface area contributed by atoms with Crippen LogP contribution < -0.4 is 21.3 Å². The molecule has 42 heavy (non-hydrogen) atoms. The van der Waals surface area contributed by atoms with Crippen LogP contribution in [-0.2, 0) is 20.8 Å². The second kappa shape index (κ2) is 12.9. The Morgan fingerprint density at radius 3 is 2.48 bits per heavy atom. The molecular formula is C31H34N6O5. The van der Waals surface area contributed by atoms with Gasteiger partial charge in [0, 0.05) is 24.9 Å². The van der Waals surface area contributed by atoms with Crippen molar-refractivity contribution in [2.24, 2.45) is 11.8 Å². The van der Waals surface area contributed by atoms with Crippen molar-refractivity contribution in [3.63, 3.8) is 0 Å². The highest BCUT2D eigenvalue weighted by Gasteiger charge is 2.35. The van der Waals surface area contributed by atoms with Crippen LogP contribution in [0.3, 0.4) is 0 Å². The van der Waals surface area contributed by atoms with Gasteiger partial charge in [0.05, 0.1) is 6.07 Å². The number of benzene rings is 2. The van der Waals surface area contributed by atoms with E-state index in [9.17, 15) is 24.4 Å². The van der Waals surface area contributed by atoms with Crippen LogP contribution in [0.15, 0.2) is 53.1 Å². The Labute approximate surface area is 243 Å². The number of nitriles is 1. The van der Waals surface area contributed by atoms with E-state index in [4.69, 9.17) is 4.52 Å². The SMILES string of the molecule is Cc1cc(C(=O)NC(Cc2cccc3ccccc23)C(=O)NC(CC2CC2)C(=O)NC(C#N)CC2CCNC2=O)no1. The molecular weight excluding hydrogens is 536 g/mol. The maximum absolute atomic E-state index is 13.8. The molecule has 0 bridgehead atoms. The summed E-state index contributed by atoms with van der Waals surface area (Å²) in [5.41, 5.74) is 0.899. The Morgan fingerprint density at radius 1 is 1.02 bits per heavy atom. The first-order valence-electron chi connectivity index (χ1n) is 14.3. The molecule has 2 fully saturated rings. The van der Waals surface area contributed by atoms with Gasteiger partial charge in [0.25, 0.3) is 5.91 Å². The highest BCUT2D eigenvalue weighted by Crippen LogP contribution is 2.33. The number of fused-ring (bicyclic) bond motifs is 1. The Morgan fingerprint density at radius 2 is 1.79 bits per heavy atom. The fraction of sp³-hybridized carbons (Fsp3) is 0.419. The summed E-state index contributed by atoms with van der Waals surface area (Å²) in [6.07, 6.45) is 3.30. The van der Waals surface area contributed by atoms with Gasteiger partial charge in [-0.1, -0.05) is 60.5 Å². The third kappa shape index (κ3) is 7.13. The van der Waals surface area contributed by atoms with Gasteiger partial charge in [0.1, 0.15) is 23.9 Å². The lowest BCUT2D eigenvalue weighted by Gasteiger charge is -2.24. The van der Waals surface area contributed by atoms with Gasteiger partial charge in [0.2, 0.25) is 17.7 Å². The molecule has 3 aromatic rings. The van der Waals surface area contributed by atoms with Crippen LogP contribution in [0.2, 0.25) is 0 Å². The van der Waals surface area contributed by atoms with Gasteiger partial charge >= 0.3 is 0 Å². The molecule has 1 saturated carbocycles. The zero-order chi connectivity index (χ0) is 29.6. The zero-order valence-corrected chi connectivity index (χ0v) is 23.4. The second-order valence-electron chi connectivity index (χ2n) is 11.1. The first-order chi connectivity index (χ1) is 20.3. The van der Waals surface area contributed by atoms with Crippen molar-refractivity contribution in [1.29, 1.82) is 5.26 Å². The lowest BCUT2D eigenvalue weighted by Crippen LogP contribution is -2.55. The summed E-state index contributed by atoms with van der Waals surface area (Å²) in [7, 11) is 0. The number of aryl methyl sites for hydroxylation is 1. The maximum atomic E-state index is 13.8. The zero-order valence-electron chi connectivity index (χ0n) is 23.4. The molecule has 5 rings (SSSR count). The molecule has 1 saturated heterocycles. The van der Waals surface area contributed by atoms with Crippen molar-refractivity contribution >= 4 is 34.4 Å². The van der Waals surface area contributed by atoms with Crippen molar-refractivity contribution in [3.05, 3.63) is 65.5 Å². The normalized spacial score (nSPS) is 18.4. The van der Waals surface area contributed by atoms with Crippen molar-refractivity contribution in [2.75, 3.05) is 6.54 Å². The van der Waals surface area contributed by atoms with Crippen molar-refractivity contribution in [3.8, 4) is 6.07 Å². The second-order valence-corrected chi connectivity index (χ2v) is 11.1. The first kappa shape index (κ1) is 28.8. The summed E-state index contributed by atoms with van der Waals surface area (Å²) in [6.45, 7) is 2.21. The van der Waals surface area contributed by atoms with Crippen LogP contribution in [-0.4, -0.2) is 53.5 Å². The topological polar surface area (TPSA) is 166 Å². The maximum Gasteiger partial charge on any atom is 0.274 e. The lowest BCUT2D eigenvalue weighted by molar-refractivity contribution is -0.130. The van der Waals surface area contributed by atoms with Gasteiger partial charge in [-0.05, 0) is 48.4 Å². The average Bonchev–Trinajstić information content (AvgIpc) is 3.55. The minimum Gasteiger partial charge on any atom is -0.361 e. The molecule has 1 aliphatic carbocycles. The summed E-state index contributed by atoms with van der Waals surface area (Å²) in [5.74, 6) is -1.31. The standard InChI is InChI=1S/C31H34N6O5/c1-18-13-27(37-42-18)31(41)36-26(16-21-7-4-6-20-5-2-3-8-24(20)21)30(40)35-25(14-19-9-10-19)29(39)34-23(17-32)15-22-11-12-33-28(22)38/h2-8,13,19,22-23,25-26H,9-12,14-16H2,1H3,(H,33,38)(H,34,39)(H,35,40)(H,36,41). The number of amides is 4. The molecule has 2 aliphatic rings. The van der Waals surface area contributed by atoms with Gasteiger partial charge in [0.15, 0.2) is 5.69 Å². The quantitative estimate of drug-likeness (QED) is 0.259. The van der Waals surface area contributed by atoms with E-state index in [1.54, 1.807) is 6.92 Å². The summed E-state index contributed by atoms with van der Waals surface area (Å²) in [4.78, 5) is 52.2. The predicted octanol–water partition coefficient (Wildman–Crippen LogP) is 2.30. The molecule has 218 valence electrons. The van der Waals surface area contributed by atoms with Gasteiger partial charge in [-0.3, -0.25) is 19.2 Å². The average molecular weight is 571 g/mol. The molecule has 2 heterocycles. The Balaban J connectivity index is 1.34. The van der Waals surface area contributed by atoms with Crippen LogP contribution >= 0.6 is 0 Å². The van der Waals surface area contributed by atoms with Crippen LogP contribution in [0.4, 0.5) is 0 Å². The van der Waals surface area contributed by atoms with Crippen LogP contribution in [0.25, 0.3) is 10.8 Å². The number of hydrogen-bond donors (Lipinski definition) is 4.